The molecule has 82 valence electrons. The minimum atomic E-state index is -0.161. The molecular weight excluding hydrogens is 186 g/mol. The molecule has 0 unspecified atom stereocenters. The van der Waals surface area contributed by atoms with E-state index in [2.05, 4.69) is 29.2 Å². The Balaban J connectivity index is 1.88. The summed E-state index contributed by atoms with van der Waals surface area (Å²) in [5.74, 6) is 0.466. The molecule has 15 heavy (non-hydrogen) atoms. The minimum absolute atomic E-state index is 0.161. The first kappa shape index (κ1) is 10.7. The number of hydrogen-bond acceptors (Lipinski definition) is 2. The van der Waals surface area contributed by atoms with Crippen molar-refractivity contribution in [2.24, 2.45) is 5.92 Å². The highest BCUT2D eigenvalue weighted by Crippen LogP contribution is 2.21. The molecular formula is C13H19NO. The smallest absolute Gasteiger partial charge is 0.0552 e. The van der Waals surface area contributed by atoms with Crippen LogP contribution in [-0.4, -0.2) is 29.2 Å². The zero-order valence-corrected chi connectivity index (χ0v) is 9.26. The first-order valence-corrected chi connectivity index (χ1v) is 5.70. The van der Waals surface area contributed by atoms with Gasteiger partial charge in [0.25, 0.3) is 0 Å². The maximum Gasteiger partial charge on any atom is 0.0552 e. The van der Waals surface area contributed by atoms with Crippen molar-refractivity contribution in [2.75, 3.05) is 13.1 Å². The fourth-order valence-electron chi connectivity index (χ4n) is 2.24. The number of aliphatic hydroxyl groups is 1. The summed E-state index contributed by atoms with van der Waals surface area (Å²) in [5, 5.41) is 9.51. The van der Waals surface area contributed by atoms with E-state index < -0.39 is 0 Å². The molecule has 0 aliphatic carbocycles. The van der Waals surface area contributed by atoms with Gasteiger partial charge in [0.2, 0.25) is 0 Å². The third kappa shape index (κ3) is 2.80. The van der Waals surface area contributed by atoms with Crippen molar-refractivity contribution in [3.8, 4) is 0 Å². The summed E-state index contributed by atoms with van der Waals surface area (Å²) in [5.41, 5.74) is 1.36. The van der Waals surface area contributed by atoms with E-state index in [1.165, 1.54) is 5.56 Å². The largest absolute Gasteiger partial charge is 0.393 e. The van der Waals surface area contributed by atoms with E-state index in [9.17, 15) is 5.11 Å². The number of hydrogen-bond donors (Lipinski definition) is 1. The van der Waals surface area contributed by atoms with Gasteiger partial charge in [-0.2, -0.15) is 0 Å². The molecule has 0 amide bonds. The zero-order valence-electron chi connectivity index (χ0n) is 9.26. The van der Waals surface area contributed by atoms with Gasteiger partial charge in [0.15, 0.2) is 0 Å². The Hall–Kier alpha value is -0.860. The molecule has 1 N–H and O–H groups in total. The molecule has 2 rings (SSSR count). The van der Waals surface area contributed by atoms with E-state index in [-0.39, 0.29) is 6.10 Å². The van der Waals surface area contributed by atoms with Crippen LogP contribution in [0.1, 0.15) is 18.9 Å². The van der Waals surface area contributed by atoms with Crippen molar-refractivity contribution in [1.82, 2.24) is 4.90 Å². The maximum atomic E-state index is 9.51. The highest BCUT2D eigenvalue weighted by molar-refractivity contribution is 5.14. The summed E-state index contributed by atoms with van der Waals surface area (Å²) >= 11 is 0. The average Bonchev–Trinajstić information content (AvgIpc) is 2.68. The van der Waals surface area contributed by atoms with Crippen LogP contribution >= 0.6 is 0 Å². The predicted molar refractivity (Wildman–Crippen MR) is 61.5 cm³/mol. The highest BCUT2D eigenvalue weighted by Gasteiger charge is 2.25. The monoisotopic (exact) mass is 205 g/mol. The lowest BCUT2D eigenvalue weighted by Gasteiger charge is -2.17. The normalized spacial score (nSPS) is 24.3. The van der Waals surface area contributed by atoms with Gasteiger partial charge in [-0.1, -0.05) is 30.3 Å². The van der Waals surface area contributed by atoms with E-state index in [1.54, 1.807) is 0 Å². The van der Waals surface area contributed by atoms with Gasteiger partial charge in [-0.25, -0.2) is 0 Å². The molecule has 1 fully saturated rings. The zero-order chi connectivity index (χ0) is 10.7. The molecule has 2 heteroatoms. The quantitative estimate of drug-likeness (QED) is 0.814. The summed E-state index contributed by atoms with van der Waals surface area (Å²) < 4.78 is 0. The van der Waals surface area contributed by atoms with Crippen LogP contribution < -0.4 is 0 Å². The van der Waals surface area contributed by atoms with Crippen LogP contribution in [0.2, 0.25) is 0 Å². The number of rotatable bonds is 3. The number of benzene rings is 1. The Labute approximate surface area is 91.5 Å². The molecule has 0 saturated carbocycles. The first-order valence-electron chi connectivity index (χ1n) is 5.70. The second kappa shape index (κ2) is 4.77. The number of aliphatic hydroxyl groups excluding tert-OH is 1. The minimum Gasteiger partial charge on any atom is -0.393 e. The Morgan fingerprint density at radius 1 is 1.40 bits per heavy atom. The SMILES string of the molecule is C[C@@H](O)[C@H]1CCN(Cc2ccccc2)C1. The molecule has 1 aromatic carbocycles. The second-order valence-corrected chi connectivity index (χ2v) is 4.51. The van der Waals surface area contributed by atoms with Gasteiger partial charge in [-0.3, -0.25) is 4.90 Å². The van der Waals surface area contributed by atoms with Crippen LogP contribution in [0.15, 0.2) is 30.3 Å². The first-order chi connectivity index (χ1) is 7.25. The molecule has 1 saturated heterocycles. The van der Waals surface area contributed by atoms with Crippen LogP contribution in [0.5, 0.6) is 0 Å². The summed E-state index contributed by atoms with van der Waals surface area (Å²) in [6.07, 6.45) is 0.968. The van der Waals surface area contributed by atoms with Gasteiger partial charge in [0, 0.05) is 13.1 Å². The third-order valence-electron chi connectivity index (χ3n) is 3.24. The molecule has 2 atom stereocenters. The van der Waals surface area contributed by atoms with Gasteiger partial charge in [-0.05, 0) is 31.4 Å². The Morgan fingerprint density at radius 2 is 2.13 bits per heavy atom. The highest BCUT2D eigenvalue weighted by atomic mass is 16.3. The molecule has 0 aromatic heterocycles. The van der Waals surface area contributed by atoms with Crippen molar-refractivity contribution >= 4 is 0 Å². The fraction of sp³-hybridized carbons (Fsp3) is 0.538. The van der Waals surface area contributed by atoms with E-state index in [4.69, 9.17) is 0 Å². The molecule has 1 aliphatic heterocycles. The lowest BCUT2D eigenvalue weighted by Crippen LogP contribution is -2.23. The van der Waals surface area contributed by atoms with Crippen LogP contribution in [-0.2, 0) is 6.54 Å². The second-order valence-electron chi connectivity index (χ2n) is 4.51. The van der Waals surface area contributed by atoms with Gasteiger partial charge < -0.3 is 5.11 Å². The Bertz CT molecular complexity index is 297. The number of nitrogens with zero attached hydrogens (tertiary/aromatic N) is 1. The molecule has 0 bridgehead atoms. The Kier molecular flexibility index (Phi) is 3.39. The lowest BCUT2D eigenvalue weighted by molar-refractivity contribution is 0.127. The van der Waals surface area contributed by atoms with Crippen LogP contribution in [0.4, 0.5) is 0 Å². The fourth-order valence-corrected chi connectivity index (χ4v) is 2.24. The van der Waals surface area contributed by atoms with Gasteiger partial charge in [0.1, 0.15) is 0 Å². The van der Waals surface area contributed by atoms with Crippen molar-refractivity contribution in [1.29, 1.82) is 0 Å². The standard InChI is InChI=1S/C13H19NO/c1-11(15)13-7-8-14(10-13)9-12-5-3-2-4-6-12/h2-6,11,13,15H,7-10H2,1H3/t11-,13+/m1/s1. The topological polar surface area (TPSA) is 23.5 Å². The molecule has 1 aromatic rings. The molecule has 1 heterocycles. The van der Waals surface area contributed by atoms with Crippen LogP contribution in [0, 0.1) is 5.92 Å². The maximum absolute atomic E-state index is 9.51. The van der Waals surface area contributed by atoms with E-state index in [0.29, 0.717) is 5.92 Å². The van der Waals surface area contributed by atoms with Crippen molar-refractivity contribution in [2.45, 2.75) is 26.0 Å². The number of likely N-dealkylation sites (tertiary alicyclic amines) is 1. The Morgan fingerprint density at radius 3 is 2.73 bits per heavy atom. The molecule has 1 aliphatic rings. The van der Waals surface area contributed by atoms with Gasteiger partial charge in [0.05, 0.1) is 6.10 Å². The van der Waals surface area contributed by atoms with E-state index in [0.717, 1.165) is 26.1 Å². The molecule has 0 spiro atoms. The molecule has 0 radical (unpaired) electrons. The third-order valence-corrected chi connectivity index (χ3v) is 3.24. The summed E-state index contributed by atoms with van der Waals surface area (Å²) in [7, 11) is 0. The predicted octanol–water partition coefficient (Wildman–Crippen LogP) is 1.89. The van der Waals surface area contributed by atoms with E-state index in [1.807, 2.05) is 13.0 Å². The lowest BCUT2D eigenvalue weighted by atomic mass is 10.0. The van der Waals surface area contributed by atoms with Gasteiger partial charge >= 0.3 is 0 Å². The van der Waals surface area contributed by atoms with E-state index >= 15 is 0 Å². The van der Waals surface area contributed by atoms with Crippen LogP contribution in [0.25, 0.3) is 0 Å². The van der Waals surface area contributed by atoms with Crippen molar-refractivity contribution in [3.05, 3.63) is 35.9 Å². The van der Waals surface area contributed by atoms with Crippen molar-refractivity contribution in [3.63, 3.8) is 0 Å². The summed E-state index contributed by atoms with van der Waals surface area (Å²) in [6, 6.07) is 10.5. The van der Waals surface area contributed by atoms with Crippen molar-refractivity contribution < 1.29 is 5.11 Å². The average molecular weight is 205 g/mol. The molecule has 2 nitrogen and oxygen atoms in total. The van der Waals surface area contributed by atoms with Crippen LogP contribution in [0.3, 0.4) is 0 Å². The summed E-state index contributed by atoms with van der Waals surface area (Å²) in [4.78, 5) is 2.42. The summed E-state index contributed by atoms with van der Waals surface area (Å²) in [6.45, 7) is 5.07. The van der Waals surface area contributed by atoms with Gasteiger partial charge in [-0.15, -0.1) is 0 Å².